The molecule has 2 unspecified atom stereocenters. The van der Waals surface area contributed by atoms with Crippen LogP contribution in [0.3, 0.4) is 0 Å². The van der Waals surface area contributed by atoms with E-state index in [-0.39, 0.29) is 5.92 Å². The summed E-state index contributed by atoms with van der Waals surface area (Å²) in [5.74, 6) is 0.0200. The lowest BCUT2D eigenvalue weighted by Crippen LogP contribution is -2.33. The molecular weight excluding hydrogens is 290 g/mol. The van der Waals surface area contributed by atoms with Crippen LogP contribution in [0.1, 0.15) is 44.5 Å². The zero-order valence-electron chi connectivity index (χ0n) is 13.0. The van der Waals surface area contributed by atoms with Gasteiger partial charge >= 0.3 is 0 Å². The van der Waals surface area contributed by atoms with Gasteiger partial charge in [0.05, 0.1) is 17.5 Å². The summed E-state index contributed by atoms with van der Waals surface area (Å²) < 4.78 is 29.6. The maximum absolute atomic E-state index is 12.6. The van der Waals surface area contributed by atoms with Crippen LogP contribution in [0, 0.1) is 5.92 Å². The molecule has 1 aromatic rings. The van der Waals surface area contributed by atoms with E-state index in [1.807, 2.05) is 13.8 Å². The molecule has 6 nitrogen and oxygen atoms in total. The molecule has 1 aliphatic carbocycles. The quantitative estimate of drug-likeness (QED) is 0.820. The van der Waals surface area contributed by atoms with Crippen molar-refractivity contribution in [1.29, 1.82) is 0 Å². The van der Waals surface area contributed by atoms with Crippen LogP contribution in [0.25, 0.3) is 0 Å². The van der Waals surface area contributed by atoms with E-state index in [1.54, 1.807) is 11.7 Å². The second kappa shape index (κ2) is 6.46. The van der Waals surface area contributed by atoms with Gasteiger partial charge in [0.1, 0.15) is 4.90 Å². The van der Waals surface area contributed by atoms with Gasteiger partial charge in [0.25, 0.3) is 0 Å². The van der Waals surface area contributed by atoms with Crippen LogP contribution in [-0.2, 0) is 29.9 Å². The minimum absolute atomic E-state index is 0.0200. The molecule has 2 atom stereocenters. The summed E-state index contributed by atoms with van der Waals surface area (Å²) >= 11 is 0. The summed E-state index contributed by atoms with van der Waals surface area (Å²) in [5, 5.41) is 14.1. The molecule has 0 aliphatic heterocycles. The smallest absolute Gasteiger partial charge is 0.244 e. The van der Waals surface area contributed by atoms with E-state index >= 15 is 0 Å². The second-order valence-corrected chi connectivity index (χ2v) is 7.37. The number of nitrogens with zero attached hydrogens (tertiary/aromatic N) is 2. The number of nitrogens with one attached hydrogen (secondary N) is 1. The van der Waals surface area contributed by atoms with E-state index in [9.17, 15) is 13.5 Å². The van der Waals surface area contributed by atoms with E-state index in [2.05, 4.69) is 9.82 Å². The fourth-order valence-electron chi connectivity index (χ4n) is 3.08. The fourth-order valence-corrected chi connectivity index (χ4v) is 4.74. The molecule has 0 bridgehead atoms. The van der Waals surface area contributed by atoms with Gasteiger partial charge in [0.15, 0.2) is 0 Å². The average molecular weight is 315 g/mol. The third-order valence-corrected chi connectivity index (χ3v) is 5.83. The molecule has 1 fully saturated rings. The number of hydrogen-bond acceptors (Lipinski definition) is 4. The number of hydrogen-bond donors (Lipinski definition) is 2. The standard InChI is InChI=1S/C14H25N3O3S/c1-4-11-14(12(5-2)17(3)16-11)21(19,20)15-9-10-7-6-8-13(10)18/h10,13,15,18H,4-9H2,1-3H3. The van der Waals surface area contributed by atoms with Crippen molar-refractivity contribution in [3.63, 3.8) is 0 Å². The number of rotatable bonds is 6. The summed E-state index contributed by atoms with van der Waals surface area (Å²) in [6.07, 6.45) is 3.40. The molecular formula is C14H25N3O3S. The van der Waals surface area contributed by atoms with E-state index in [0.29, 0.717) is 30.0 Å². The van der Waals surface area contributed by atoms with Crippen molar-refractivity contribution in [2.75, 3.05) is 6.54 Å². The Hall–Kier alpha value is -0.920. The lowest BCUT2D eigenvalue weighted by Gasteiger charge is -2.15. The summed E-state index contributed by atoms with van der Waals surface area (Å²) in [4.78, 5) is 0.322. The second-order valence-electron chi connectivity index (χ2n) is 5.66. The molecule has 1 saturated carbocycles. The van der Waals surface area contributed by atoms with E-state index in [1.165, 1.54) is 0 Å². The summed E-state index contributed by atoms with van der Waals surface area (Å²) in [6, 6.07) is 0. The van der Waals surface area contributed by atoms with Crippen molar-refractivity contribution in [3.8, 4) is 0 Å². The van der Waals surface area contributed by atoms with Crippen LogP contribution in [0.15, 0.2) is 4.90 Å². The van der Waals surface area contributed by atoms with Crippen molar-refractivity contribution in [2.24, 2.45) is 13.0 Å². The maximum Gasteiger partial charge on any atom is 0.244 e. The third kappa shape index (κ3) is 3.30. The van der Waals surface area contributed by atoms with Gasteiger partial charge in [-0.2, -0.15) is 5.10 Å². The summed E-state index contributed by atoms with van der Waals surface area (Å²) in [6.45, 7) is 4.13. The molecule has 0 saturated heterocycles. The first-order valence-corrected chi connectivity index (χ1v) is 9.11. The van der Waals surface area contributed by atoms with Crippen LogP contribution in [0.5, 0.6) is 0 Å². The van der Waals surface area contributed by atoms with Crippen molar-refractivity contribution < 1.29 is 13.5 Å². The van der Waals surface area contributed by atoms with Gasteiger partial charge < -0.3 is 5.11 Å². The zero-order chi connectivity index (χ0) is 15.6. The molecule has 120 valence electrons. The predicted molar refractivity (Wildman–Crippen MR) is 80.5 cm³/mol. The third-order valence-electron chi connectivity index (χ3n) is 4.28. The Morgan fingerprint density at radius 2 is 2.05 bits per heavy atom. The SMILES string of the molecule is CCc1nn(C)c(CC)c1S(=O)(=O)NCC1CCCC1O. The molecule has 1 aliphatic rings. The topological polar surface area (TPSA) is 84.2 Å². The first kappa shape index (κ1) is 16.5. The molecule has 1 aromatic heterocycles. The molecule has 1 heterocycles. The van der Waals surface area contributed by atoms with Gasteiger partial charge in [-0.05, 0) is 31.6 Å². The fraction of sp³-hybridized carbons (Fsp3) is 0.786. The first-order chi connectivity index (χ1) is 9.90. The Morgan fingerprint density at radius 3 is 2.57 bits per heavy atom. The van der Waals surface area contributed by atoms with E-state index in [4.69, 9.17) is 0 Å². The molecule has 2 rings (SSSR count). The van der Waals surface area contributed by atoms with Crippen molar-refractivity contribution in [3.05, 3.63) is 11.4 Å². The highest BCUT2D eigenvalue weighted by atomic mass is 32.2. The number of aliphatic hydroxyl groups excluding tert-OH is 1. The average Bonchev–Trinajstić information content (AvgIpc) is 2.99. The molecule has 0 amide bonds. The van der Waals surface area contributed by atoms with Gasteiger partial charge in [0, 0.05) is 13.6 Å². The van der Waals surface area contributed by atoms with Crippen molar-refractivity contribution >= 4 is 10.0 Å². The Kier molecular flexibility index (Phi) is 5.06. The minimum atomic E-state index is -3.58. The molecule has 21 heavy (non-hydrogen) atoms. The minimum Gasteiger partial charge on any atom is -0.393 e. The molecule has 0 radical (unpaired) electrons. The summed E-state index contributed by atoms with van der Waals surface area (Å²) in [7, 11) is -1.80. The van der Waals surface area contributed by atoms with Gasteiger partial charge in [-0.1, -0.05) is 20.3 Å². The van der Waals surface area contributed by atoms with Gasteiger partial charge in [-0.15, -0.1) is 0 Å². The van der Waals surface area contributed by atoms with Crippen molar-refractivity contribution in [2.45, 2.75) is 57.0 Å². The Morgan fingerprint density at radius 1 is 1.33 bits per heavy atom. The highest BCUT2D eigenvalue weighted by Gasteiger charge is 2.30. The lowest BCUT2D eigenvalue weighted by molar-refractivity contribution is 0.134. The monoisotopic (exact) mass is 315 g/mol. The Labute approximate surface area is 126 Å². The molecule has 0 aromatic carbocycles. The van der Waals surface area contributed by atoms with Crippen LogP contribution >= 0.6 is 0 Å². The molecule has 7 heteroatoms. The molecule has 2 N–H and O–H groups in total. The summed E-state index contributed by atoms with van der Waals surface area (Å²) in [5.41, 5.74) is 1.33. The number of aryl methyl sites for hydroxylation is 2. The predicted octanol–water partition coefficient (Wildman–Crippen LogP) is 0.984. The molecule has 0 spiro atoms. The van der Waals surface area contributed by atoms with Crippen LogP contribution in [0.2, 0.25) is 0 Å². The Balaban J connectivity index is 2.23. The van der Waals surface area contributed by atoms with Crippen LogP contribution < -0.4 is 4.72 Å². The largest absolute Gasteiger partial charge is 0.393 e. The first-order valence-electron chi connectivity index (χ1n) is 7.63. The van der Waals surface area contributed by atoms with Gasteiger partial charge in [0.2, 0.25) is 10.0 Å². The van der Waals surface area contributed by atoms with Crippen LogP contribution in [0.4, 0.5) is 0 Å². The Bertz CT molecular complexity index is 595. The number of aromatic nitrogens is 2. The highest BCUT2D eigenvalue weighted by Crippen LogP contribution is 2.26. The maximum atomic E-state index is 12.6. The number of aliphatic hydroxyl groups is 1. The van der Waals surface area contributed by atoms with E-state index < -0.39 is 16.1 Å². The zero-order valence-corrected chi connectivity index (χ0v) is 13.8. The van der Waals surface area contributed by atoms with Crippen LogP contribution in [-0.4, -0.2) is 36.0 Å². The number of sulfonamides is 1. The van der Waals surface area contributed by atoms with E-state index in [0.717, 1.165) is 25.0 Å². The van der Waals surface area contributed by atoms with Gasteiger partial charge in [-0.25, -0.2) is 13.1 Å². The lowest BCUT2D eigenvalue weighted by atomic mass is 10.1. The normalized spacial score (nSPS) is 22.9. The highest BCUT2D eigenvalue weighted by molar-refractivity contribution is 7.89. The van der Waals surface area contributed by atoms with Crippen molar-refractivity contribution in [1.82, 2.24) is 14.5 Å². The van der Waals surface area contributed by atoms with Gasteiger partial charge in [-0.3, -0.25) is 4.68 Å².